The first kappa shape index (κ1) is 16.8. The topological polar surface area (TPSA) is 20.3 Å². The first-order chi connectivity index (χ1) is 10.1. The Labute approximate surface area is 129 Å². The molecule has 1 aromatic rings. The molecule has 0 spiro atoms. The van der Waals surface area contributed by atoms with Crippen LogP contribution in [-0.2, 0) is 11.0 Å². The Bertz CT molecular complexity index is 526. The molecule has 0 aromatic heterocycles. The highest BCUT2D eigenvalue weighted by molar-refractivity contribution is 5.83. The van der Waals surface area contributed by atoms with Crippen LogP contribution in [0.1, 0.15) is 51.2 Å². The van der Waals surface area contributed by atoms with E-state index in [2.05, 4.69) is 0 Å². The average molecular weight is 313 g/mol. The van der Waals surface area contributed by atoms with E-state index in [0.717, 1.165) is 24.1 Å². The Hall–Kier alpha value is -1.52. The fourth-order valence-electron chi connectivity index (χ4n) is 3.05. The molecule has 5 heteroatoms. The van der Waals surface area contributed by atoms with Crippen molar-refractivity contribution in [3.05, 3.63) is 35.4 Å². The summed E-state index contributed by atoms with van der Waals surface area (Å²) < 4.78 is 37.7. The Balaban J connectivity index is 2.07. The fourth-order valence-corrected chi connectivity index (χ4v) is 3.05. The zero-order valence-corrected chi connectivity index (χ0v) is 13.3. The molecule has 2 rings (SSSR count). The summed E-state index contributed by atoms with van der Waals surface area (Å²) in [5.74, 6) is 0.0613. The van der Waals surface area contributed by atoms with Crippen molar-refractivity contribution in [1.82, 2.24) is 4.90 Å². The Kier molecular flexibility index (Phi) is 4.54. The summed E-state index contributed by atoms with van der Waals surface area (Å²) in [5, 5.41) is 0. The molecule has 0 aliphatic heterocycles. The zero-order valence-electron chi connectivity index (χ0n) is 13.3. The van der Waals surface area contributed by atoms with Crippen LogP contribution < -0.4 is 0 Å². The number of nitrogens with zero attached hydrogens (tertiary/aromatic N) is 1. The van der Waals surface area contributed by atoms with Crippen LogP contribution in [0.15, 0.2) is 24.3 Å². The van der Waals surface area contributed by atoms with Crippen LogP contribution in [0.5, 0.6) is 0 Å². The van der Waals surface area contributed by atoms with Crippen LogP contribution in [0.2, 0.25) is 0 Å². The molecule has 1 aliphatic carbocycles. The molecule has 0 saturated heterocycles. The van der Waals surface area contributed by atoms with Crippen LogP contribution >= 0.6 is 0 Å². The smallest absolute Gasteiger partial charge is 0.338 e. The molecule has 22 heavy (non-hydrogen) atoms. The highest BCUT2D eigenvalue weighted by atomic mass is 19.4. The second-order valence-corrected chi connectivity index (χ2v) is 6.50. The standard InChI is InChI=1S/C17H22F3NO/c1-10(2)21(11(3)4)16(22)15-9-14(15)12-5-7-13(8-6-12)17(18,19)20/h5-8,10-11,14-15H,9H2,1-4H3/t14-,15+/m1/s1. The minimum absolute atomic E-state index is 0.0507. The molecule has 1 saturated carbocycles. The summed E-state index contributed by atoms with van der Waals surface area (Å²) in [6.45, 7) is 7.92. The van der Waals surface area contributed by atoms with Gasteiger partial charge in [-0.2, -0.15) is 13.2 Å². The van der Waals surface area contributed by atoms with Crippen LogP contribution in [0.3, 0.4) is 0 Å². The van der Waals surface area contributed by atoms with Gasteiger partial charge in [-0.15, -0.1) is 0 Å². The Morgan fingerprint density at radius 3 is 2.00 bits per heavy atom. The molecule has 0 heterocycles. The molecule has 2 atom stereocenters. The van der Waals surface area contributed by atoms with Gasteiger partial charge in [0.2, 0.25) is 5.91 Å². The van der Waals surface area contributed by atoms with E-state index in [4.69, 9.17) is 0 Å². The first-order valence-corrected chi connectivity index (χ1v) is 7.62. The van der Waals surface area contributed by atoms with Crippen LogP contribution in [-0.4, -0.2) is 22.9 Å². The van der Waals surface area contributed by atoms with Gasteiger partial charge in [-0.3, -0.25) is 4.79 Å². The maximum atomic E-state index is 12.6. The molecule has 1 amide bonds. The molecular formula is C17H22F3NO. The number of halogens is 3. The normalized spacial score (nSPS) is 21.3. The van der Waals surface area contributed by atoms with E-state index in [0.29, 0.717) is 0 Å². The van der Waals surface area contributed by atoms with Gasteiger partial charge in [0.25, 0.3) is 0 Å². The van der Waals surface area contributed by atoms with E-state index in [-0.39, 0.29) is 29.8 Å². The molecule has 0 N–H and O–H groups in total. The number of rotatable bonds is 4. The van der Waals surface area contributed by atoms with Crippen molar-refractivity contribution in [2.24, 2.45) is 5.92 Å². The van der Waals surface area contributed by atoms with Gasteiger partial charge in [0.1, 0.15) is 0 Å². The number of benzene rings is 1. The van der Waals surface area contributed by atoms with E-state index < -0.39 is 11.7 Å². The summed E-state index contributed by atoms with van der Waals surface area (Å²) in [5.41, 5.74) is 0.171. The van der Waals surface area contributed by atoms with Crippen LogP contribution in [0, 0.1) is 5.92 Å². The second-order valence-electron chi connectivity index (χ2n) is 6.50. The lowest BCUT2D eigenvalue weighted by Crippen LogP contribution is -2.43. The first-order valence-electron chi connectivity index (χ1n) is 7.62. The molecular weight excluding hydrogens is 291 g/mol. The van der Waals surface area contributed by atoms with Crippen molar-refractivity contribution < 1.29 is 18.0 Å². The van der Waals surface area contributed by atoms with E-state index in [1.54, 1.807) is 0 Å². The summed E-state index contributed by atoms with van der Waals surface area (Å²) in [6, 6.07) is 5.43. The average Bonchev–Trinajstić information content (AvgIpc) is 3.17. The Morgan fingerprint density at radius 1 is 1.09 bits per heavy atom. The molecule has 1 aromatic carbocycles. The van der Waals surface area contributed by atoms with Crippen molar-refractivity contribution in [1.29, 1.82) is 0 Å². The van der Waals surface area contributed by atoms with Crippen molar-refractivity contribution in [2.45, 2.75) is 58.3 Å². The minimum Gasteiger partial charge on any atom is -0.338 e. The lowest BCUT2D eigenvalue weighted by atomic mass is 10.1. The number of hydrogen-bond acceptors (Lipinski definition) is 1. The lowest BCUT2D eigenvalue weighted by Gasteiger charge is -2.31. The van der Waals surface area contributed by atoms with Gasteiger partial charge in [-0.25, -0.2) is 0 Å². The van der Waals surface area contributed by atoms with E-state index in [1.807, 2.05) is 32.6 Å². The highest BCUT2D eigenvalue weighted by Crippen LogP contribution is 2.49. The zero-order chi connectivity index (χ0) is 16.7. The van der Waals surface area contributed by atoms with Gasteiger partial charge in [-0.1, -0.05) is 12.1 Å². The predicted octanol–water partition coefficient (Wildman–Crippen LogP) is 4.45. The maximum absolute atomic E-state index is 12.6. The summed E-state index contributed by atoms with van der Waals surface area (Å²) in [6.07, 6.45) is -3.59. The third kappa shape index (κ3) is 3.45. The largest absolute Gasteiger partial charge is 0.416 e. The monoisotopic (exact) mass is 313 g/mol. The third-order valence-corrected chi connectivity index (χ3v) is 4.14. The quantitative estimate of drug-likeness (QED) is 0.804. The molecule has 2 nitrogen and oxygen atoms in total. The van der Waals surface area contributed by atoms with Gasteiger partial charge < -0.3 is 4.90 Å². The number of hydrogen-bond donors (Lipinski definition) is 0. The van der Waals surface area contributed by atoms with E-state index in [1.165, 1.54) is 12.1 Å². The van der Waals surface area contributed by atoms with Crippen molar-refractivity contribution >= 4 is 5.91 Å². The summed E-state index contributed by atoms with van der Waals surface area (Å²) in [4.78, 5) is 14.4. The predicted molar refractivity (Wildman–Crippen MR) is 79.4 cm³/mol. The SMILES string of the molecule is CC(C)N(C(=O)[C@H]1C[C@@H]1c1ccc(C(F)(F)F)cc1)C(C)C. The van der Waals surface area contributed by atoms with Gasteiger partial charge >= 0.3 is 6.18 Å². The highest BCUT2D eigenvalue weighted by Gasteiger charge is 2.46. The minimum atomic E-state index is -4.32. The second kappa shape index (κ2) is 5.94. The third-order valence-electron chi connectivity index (χ3n) is 4.14. The number of carbonyl (C=O) groups is 1. The van der Waals surface area contributed by atoms with Crippen molar-refractivity contribution in [3.63, 3.8) is 0 Å². The van der Waals surface area contributed by atoms with E-state index in [9.17, 15) is 18.0 Å². The summed E-state index contributed by atoms with van der Waals surface area (Å²) >= 11 is 0. The van der Waals surface area contributed by atoms with Crippen molar-refractivity contribution in [2.75, 3.05) is 0 Å². The lowest BCUT2D eigenvalue weighted by molar-refractivity contribution is -0.138. The van der Waals surface area contributed by atoms with Crippen LogP contribution in [0.25, 0.3) is 0 Å². The molecule has 0 radical (unpaired) electrons. The van der Waals surface area contributed by atoms with Gasteiger partial charge in [-0.05, 0) is 57.7 Å². The Morgan fingerprint density at radius 2 is 1.59 bits per heavy atom. The number of carbonyl (C=O) groups excluding carboxylic acids is 1. The van der Waals surface area contributed by atoms with Gasteiger partial charge in [0.15, 0.2) is 0 Å². The summed E-state index contributed by atoms with van der Waals surface area (Å²) in [7, 11) is 0. The molecule has 1 aliphatic rings. The van der Waals surface area contributed by atoms with Gasteiger partial charge in [0.05, 0.1) is 5.56 Å². The van der Waals surface area contributed by atoms with Gasteiger partial charge in [0, 0.05) is 18.0 Å². The molecule has 122 valence electrons. The van der Waals surface area contributed by atoms with Crippen LogP contribution in [0.4, 0.5) is 13.2 Å². The maximum Gasteiger partial charge on any atom is 0.416 e. The van der Waals surface area contributed by atoms with Crippen molar-refractivity contribution in [3.8, 4) is 0 Å². The number of amides is 1. The number of alkyl halides is 3. The molecule has 0 bridgehead atoms. The fraction of sp³-hybridized carbons (Fsp3) is 0.588. The molecule has 0 unspecified atom stereocenters. The van der Waals surface area contributed by atoms with E-state index >= 15 is 0 Å². The molecule has 1 fully saturated rings.